The molecule has 2 aromatic rings. The van der Waals surface area contributed by atoms with Crippen LogP contribution in [-0.4, -0.2) is 57.2 Å². The highest BCUT2D eigenvalue weighted by Gasteiger charge is 2.19. The van der Waals surface area contributed by atoms with E-state index in [4.69, 9.17) is 14.2 Å². The summed E-state index contributed by atoms with van der Waals surface area (Å²) in [6.07, 6.45) is 0. The predicted octanol–water partition coefficient (Wildman–Crippen LogP) is 2.74. The maximum Gasteiger partial charge on any atom is 0.255 e. The first-order chi connectivity index (χ1) is 13.5. The van der Waals surface area contributed by atoms with Gasteiger partial charge in [-0.3, -0.25) is 9.59 Å². The molecule has 0 aromatic heterocycles. The highest BCUT2D eigenvalue weighted by atomic mass is 16.5. The molecule has 28 heavy (non-hydrogen) atoms. The van der Waals surface area contributed by atoms with Crippen LogP contribution in [0.25, 0.3) is 0 Å². The van der Waals surface area contributed by atoms with Crippen LogP contribution < -0.4 is 14.8 Å². The Bertz CT molecular complexity index is 850. The van der Waals surface area contributed by atoms with Gasteiger partial charge in [-0.15, -0.1) is 0 Å². The Morgan fingerprint density at radius 1 is 1.00 bits per heavy atom. The molecule has 1 fully saturated rings. The molecule has 2 aromatic carbocycles. The van der Waals surface area contributed by atoms with E-state index in [1.165, 1.54) is 0 Å². The topological polar surface area (TPSA) is 77.1 Å². The van der Waals surface area contributed by atoms with E-state index < -0.39 is 0 Å². The predicted molar refractivity (Wildman–Crippen MR) is 105 cm³/mol. The molecule has 0 aliphatic carbocycles. The zero-order valence-electron chi connectivity index (χ0n) is 16.3. The number of rotatable bonds is 5. The van der Waals surface area contributed by atoms with Crippen LogP contribution in [0.3, 0.4) is 0 Å². The van der Waals surface area contributed by atoms with Gasteiger partial charge in [0.25, 0.3) is 11.8 Å². The van der Waals surface area contributed by atoms with Crippen LogP contribution in [0, 0.1) is 6.92 Å². The maximum atomic E-state index is 12.7. The number of methoxy groups -OCH3 is 2. The summed E-state index contributed by atoms with van der Waals surface area (Å²) in [6, 6.07) is 10.2. The quantitative estimate of drug-likeness (QED) is 0.858. The van der Waals surface area contributed by atoms with Crippen molar-refractivity contribution < 1.29 is 23.8 Å². The molecule has 1 aliphatic heterocycles. The van der Waals surface area contributed by atoms with E-state index in [0.29, 0.717) is 54.6 Å². The Morgan fingerprint density at radius 3 is 2.25 bits per heavy atom. The molecule has 1 heterocycles. The van der Waals surface area contributed by atoms with Crippen molar-refractivity contribution in [3.63, 3.8) is 0 Å². The minimum absolute atomic E-state index is 0.0712. The summed E-state index contributed by atoms with van der Waals surface area (Å²) in [5, 5.41) is 2.83. The van der Waals surface area contributed by atoms with Crippen molar-refractivity contribution >= 4 is 17.5 Å². The highest BCUT2D eigenvalue weighted by Crippen LogP contribution is 2.29. The van der Waals surface area contributed by atoms with E-state index >= 15 is 0 Å². The summed E-state index contributed by atoms with van der Waals surface area (Å²) in [5.74, 6) is 0.757. The Kier molecular flexibility index (Phi) is 6.16. The van der Waals surface area contributed by atoms with Gasteiger partial charge in [0.1, 0.15) is 11.5 Å². The molecule has 0 radical (unpaired) electrons. The van der Waals surface area contributed by atoms with Gasteiger partial charge >= 0.3 is 0 Å². The fourth-order valence-corrected chi connectivity index (χ4v) is 3.10. The van der Waals surface area contributed by atoms with Gasteiger partial charge in [0, 0.05) is 35.5 Å². The fourth-order valence-electron chi connectivity index (χ4n) is 3.10. The SMILES string of the molecule is COc1cc(C(=O)Nc2cccc(C(=O)N3CCOCC3)c2)cc(OC)c1C. The number of carbonyl (C=O) groups excluding carboxylic acids is 2. The van der Waals surface area contributed by atoms with E-state index in [-0.39, 0.29) is 11.8 Å². The second-order valence-corrected chi connectivity index (χ2v) is 6.45. The summed E-state index contributed by atoms with van der Waals surface area (Å²) >= 11 is 0. The number of hydrogen-bond acceptors (Lipinski definition) is 5. The van der Waals surface area contributed by atoms with Crippen LogP contribution >= 0.6 is 0 Å². The Hall–Kier alpha value is -3.06. The van der Waals surface area contributed by atoms with Crippen molar-refractivity contribution in [2.24, 2.45) is 0 Å². The highest BCUT2D eigenvalue weighted by molar-refractivity contribution is 6.05. The number of ether oxygens (including phenoxy) is 3. The third-order valence-electron chi connectivity index (χ3n) is 4.68. The molecule has 3 rings (SSSR count). The number of benzene rings is 2. The monoisotopic (exact) mass is 384 g/mol. The van der Waals surface area contributed by atoms with Crippen molar-refractivity contribution in [3.8, 4) is 11.5 Å². The van der Waals surface area contributed by atoms with Crippen molar-refractivity contribution in [3.05, 3.63) is 53.1 Å². The molecular weight excluding hydrogens is 360 g/mol. The van der Waals surface area contributed by atoms with Crippen molar-refractivity contribution in [2.75, 3.05) is 45.8 Å². The minimum atomic E-state index is -0.312. The van der Waals surface area contributed by atoms with Crippen LogP contribution in [0.15, 0.2) is 36.4 Å². The summed E-state index contributed by atoms with van der Waals surface area (Å²) in [5.41, 5.74) is 2.30. The lowest BCUT2D eigenvalue weighted by Gasteiger charge is -2.27. The van der Waals surface area contributed by atoms with Crippen molar-refractivity contribution in [1.82, 2.24) is 4.90 Å². The van der Waals surface area contributed by atoms with Gasteiger partial charge in [0.15, 0.2) is 0 Å². The lowest BCUT2D eigenvalue weighted by molar-refractivity contribution is 0.0303. The van der Waals surface area contributed by atoms with Gasteiger partial charge in [0.2, 0.25) is 0 Å². The number of morpholine rings is 1. The van der Waals surface area contributed by atoms with E-state index in [0.717, 1.165) is 5.56 Å². The van der Waals surface area contributed by atoms with Gasteiger partial charge in [-0.25, -0.2) is 0 Å². The zero-order chi connectivity index (χ0) is 20.1. The molecule has 148 valence electrons. The van der Waals surface area contributed by atoms with E-state index in [9.17, 15) is 9.59 Å². The molecule has 7 heteroatoms. The Labute approximate surface area is 164 Å². The fraction of sp³-hybridized carbons (Fsp3) is 0.333. The molecule has 7 nitrogen and oxygen atoms in total. The first kappa shape index (κ1) is 19.7. The molecular formula is C21H24N2O5. The van der Waals surface area contributed by atoms with Crippen LogP contribution in [0.2, 0.25) is 0 Å². The lowest BCUT2D eigenvalue weighted by Crippen LogP contribution is -2.40. The van der Waals surface area contributed by atoms with E-state index in [2.05, 4.69) is 5.32 Å². The largest absolute Gasteiger partial charge is 0.496 e. The van der Waals surface area contributed by atoms with Crippen LogP contribution in [0.4, 0.5) is 5.69 Å². The summed E-state index contributed by atoms with van der Waals surface area (Å²) in [7, 11) is 3.09. The average Bonchev–Trinajstić information content (AvgIpc) is 2.74. The van der Waals surface area contributed by atoms with E-state index in [1.54, 1.807) is 55.5 Å². The number of hydrogen-bond donors (Lipinski definition) is 1. The third-order valence-corrected chi connectivity index (χ3v) is 4.68. The first-order valence-electron chi connectivity index (χ1n) is 9.04. The number of nitrogens with one attached hydrogen (secondary N) is 1. The molecule has 1 saturated heterocycles. The van der Waals surface area contributed by atoms with Gasteiger partial charge in [0.05, 0.1) is 27.4 Å². The van der Waals surface area contributed by atoms with Gasteiger partial charge in [-0.1, -0.05) is 6.07 Å². The standard InChI is InChI=1S/C21H24N2O5/c1-14-18(26-2)12-16(13-19(14)27-3)20(24)22-17-6-4-5-15(11-17)21(25)23-7-9-28-10-8-23/h4-6,11-13H,7-10H2,1-3H3,(H,22,24). The number of amides is 2. The number of anilines is 1. The smallest absolute Gasteiger partial charge is 0.255 e. The first-order valence-corrected chi connectivity index (χ1v) is 9.04. The molecule has 0 spiro atoms. The molecule has 1 aliphatic rings. The Balaban J connectivity index is 1.78. The number of carbonyl (C=O) groups is 2. The summed E-state index contributed by atoms with van der Waals surface area (Å²) in [6.45, 7) is 4.08. The molecule has 0 bridgehead atoms. The van der Waals surface area contributed by atoms with Gasteiger partial charge < -0.3 is 24.4 Å². The second-order valence-electron chi connectivity index (χ2n) is 6.45. The average molecular weight is 384 g/mol. The van der Waals surface area contributed by atoms with Crippen LogP contribution in [0.5, 0.6) is 11.5 Å². The van der Waals surface area contributed by atoms with Crippen molar-refractivity contribution in [2.45, 2.75) is 6.92 Å². The lowest BCUT2D eigenvalue weighted by atomic mass is 10.1. The minimum Gasteiger partial charge on any atom is -0.496 e. The van der Waals surface area contributed by atoms with Crippen LogP contribution in [0.1, 0.15) is 26.3 Å². The third kappa shape index (κ3) is 4.26. The van der Waals surface area contributed by atoms with Gasteiger partial charge in [-0.2, -0.15) is 0 Å². The Morgan fingerprint density at radius 2 is 1.64 bits per heavy atom. The second kappa shape index (κ2) is 8.75. The molecule has 2 amide bonds. The van der Waals surface area contributed by atoms with E-state index in [1.807, 2.05) is 6.92 Å². The molecule has 0 atom stereocenters. The van der Waals surface area contributed by atoms with Crippen LogP contribution in [-0.2, 0) is 4.74 Å². The molecule has 1 N–H and O–H groups in total. The summed E-state index contributed by atoms with van der Waals surface area (Å²) < 4.78 is 15.9. The molecule has 0 saturated carbocycles. The number of nitrogens with zero attached hydrogens (tertiary/aromatic N) is 1. The molecule has 0 unspecified atom stereocenters. The van der Waals surface area contributed by atoms with Gasteiger partial charge in [-0.05, 0) is 37.3 Å². The zero-order valence-corrected chi connectivity index (χ0v) is 16.3. The maximum absolute atomic E-state index is 12.7. The summed E-state index contributed by atoms with van der Waals surface area (Å²) in [4.78, 5) is 27.1. The normalized spacial score (nSPS) is 13.8. The van der Waals surface area contributed by atoms with Crippen molar-refractivity contribution in [1.29, 1.82) is 0 Å².